The van der Waals surface area contributed by atoms with E-state index in [1.165, 1.54) is 4.90 Å². The van der Waals surface area contributed by atoms with Gasteiger partial charge in [-0.15, -0.1) is 0 Å². The fraction of sp³-hybridized carbons (Fsp3) is 0.429. The zero-order chi connectivity index (χ0) is 14.5. The fourth-order valence-electron chi connectivity index (χ4n) is 2.19. The third kappa shape index (κ3) is 3.48. The van der Waals surface area contributed by atoms with Gasteiger partial charge in [0, 0.05) is 45.0 Å². The molecule has 0 spiro atoms. The Labute approximate surface area is 118 Å². The highest BCUT2D eigenvalue weighted by molar-refractivity contribution is 6.35. The number of nitrogens with zero attached hydrogens (tertiary/aromatic N) is 2. The van der Waals surface area contributed by atoms with Crippen molar-refractivity contribution in [2.45, 2.75) is 0 Å². The second kappa shape index (κ2) is 6.38. The highest BCUT2D eigenvalue weighted by Crippen LogP contribution is 2.08. The van der Waals surface area contributed by atoms with Crippen LogP contribution in [0.25, 0.3) is 0 Å². The van der Waals surface area contributed by atoms with Crippen LogP contribution in [0.4, 0.5) is 0 Å². The number of amides is 2. The summed E-state index contributed by atoms with van der Waals surface area (Å²) in [6, 6.07) is 0. The number of hydrogen-bond donors (Lipinski definition) is 2. The molecule has 0 aromatic heterocycles. The SMILES string of the molecule is C=C1/C=C\C=C(/N)CNCCN2CCN(C1)C(=O)C2=O. The van der Waals surface area contributed by atoms with Crippen molar-refractivity contribution in [3.63, 3.8) is 0 Å². The molecule has 20 heavy (non-hydrogen) atoms. The molecule has 6 heteroatoms. The lowest BCUT2D eigenvalue weighted by molar-refractivity contribution is -0.155. The van der Waals surface area contributed by atoms with Crippen molar-refractivity contribution in [3.05, 3.63) is 36.1 Å². The van der Waals surface area contributed by atoms with Gasteiger partial charge in [0.25, 0.3) is 0 Å². The van der Waals surface area contributed by atoms with Crippen LogP contribution in [0.5, 0.6) is 0 Å². The number of fused-ring (bicyclic) bond motifs is 9. The van der Waals surface area contributed by atoms with Crippen molar-refractivity contribution < 1.29 is 9.59 Å². The number of nitrogens with two attached hydrogens (primary N) is 1. The Morgan fingerprint density at radius 2 is 1.85 bits per heavy atom. The van der Waals surface area contributed by atoms with Crippen LogP contribution in [-0.4, -0.2) is 60.9 Å². The first kappa shape index (κ1) is 14.3. The van der Waals surface area contributed by atoms with Gasteiger partial charge >= 0.3 is 11.8 Å². The maximum Gasteiger partial charge on any atom is 0.312 e. The maximum absolute atomic E-state index is 12.0. The minimum absolute atomic E-state index is 0.376. The molecule has 0 radical (unpaired) electrons. The predicted molar refractivity (Wildman–Crippen MR) is 76.6 cm³/mol. The summed E-state index contributed by atoms with van der Waals surface area (Å²) in [6.07, 6.45) is 5.43. The van der Waals surface area contributed by atoms with Crippen LogP contribution < -0.4 is 11.1 Å². The van der Waals surface area contributed by atoms with E-state index in [-0.39, 0.29) is 0 Å². The summed E-state index contributed by atoms with van der Waals surface area (Å²) >= 11 is 0. The topological polar surface area (TPSA) is 78.7 Å². The molecule has 0 aliphatic carbocycles. The van der Waals surface area contributed by atoms with Gasteiger partial charge in [-0.25, -0.2) is 0 Å². The average Bonchev–Trinajstić information content (AvgIpc) is 2.41. The molecule has 0 aromatic carbocycles. The molecule has 108 valence electrons. The smallest absolute Gasteiger partial charge is 0.312 e. The third-order valence-electron chi connectivity index (χ3n) is 3.32. The minimum atomic E-state index is -0.446. The Hall–Kier alpha value is -2.08. The predicted octanol–water partition coefficient (Wildman–Crippen LogP) is -0.785. The van der Waals surface area contributed by atoms with Crippen LogP contribution >= 0.6 is 0 Å². The Bertz CT molecular complexity index is 482. The number of piperazine rings is 1. The Morgan fingerprint density at radius 3 is 2.65 bits per heavy atom. The minimum Gasteiger partial charge on any atom is -0.401 e. The van der Waals surface area contributed by atoms with Gasteiger partial charge in [0.15, 0.2) is 0 Å². The van der Waals surface area contributed by atoms with Gasteiger partial charge in [-0.1, -0.05) is 18.7 Å². The molecule has 3 rings (SSSR count). The van der Waals surface area contributed by atoms with Gasteiger partial charge in [0.2, 0.25) is 0 Å². The normalized spacial score (nSPS) is 26.2. The average molecular weight is 276 g/mol. The van der Waals surface area contributed by atoms with Crippen molar-refractivity contribution in [3.8, 4) is 0 Å². The summed E-state index contributed by atoms with van der Waals surface area (Å²) < 4.78 is 0. The van der Waals surface area contributed by atoms with E-state index < -0.39 is 11.8 Å². The van der Waals surface area contributed by atoms with Crippen molar-refractivity contribution in [1.82, 2.24) is 15.1 Å². The lowest BCUT2D eigenvalue weighted by Gasteiger charge is -2.34. The molecule has 3 aliphatic rings. The van der Waals surface area contributed by atoms with E-state index in [0.29, 0.717) is 45.0 Å². The Morgan fingerprint density at radius 1 is 1.15 bits per heavy atom. The van der Waals surface area contributed by atoms with E-state index in [4.69, 9.17) is 5.73 Å². The summed E-state index contributed by atoms with van der Waals surface area (Å²) in [5, 5.41) is 3.15. The van der Waals surface area contributed by atoms with Crippen molar-refractivity contribution in [1.29, 1.82) is 0 Å². The maximum atomic E-state index is 12.0. The highest BCUT2D eigenvalue weighted by atomic mass is 16.2. The van der Waals surface area contributed by atoms with Crippen molar-refractivity contribution in [2.24, 2.45) is 5.73 Å². The molecule has 0 atom stereocenters. The molecule has 2 amide bonds. The number of rotatable bonds is 0. The summed E-state index contributed by atoms with van der Waals surface area (Å²) in [5.41, 5.74) is 7.32. The largest absolute Gasteiger partial charge is 0.401 e. The molecular weight excluding hydrogens is 256 g/mol. The monoisotopic (exact) mass is 276 g/mol. The van der Waals surface area contributed by atoms with E-state index >= 15 is 0 Å². The van der Waals surface area contributed by atoms with E-state index in [1.54, 1.807) is 4.90 Å². The van der Waals surface area contributed by atoms with E-state index in [0.717, 1.165) is 5.57 Å². The molecule has 0 unspecified atom stereocenters. The lowest BCUT2D eigenvalue weighted by Crippen LogP contribution is -2.55. The van der Waals surface area contributed by atoms with Crippen LogP contribution in [0.2, 0.25) is 0 Å². The molecule has 0 aromatic rings. The molecule has 1 saturated heterocycles. The molecule has 3 aliphatic heterocycles. The van der Waals surface area contributed by atoms with E-state index in [9.17, 15) is 9.59 Å². The van der Waals surface area contributed by atoms with Gasteiger partial charge in [-0.05, 0) is 11.6 Å². The first-order valence-corrected chi connectivity index (χ1v) is 6.67. The second-order valence-electron chi connectivity index (χ2n) is 4.95. The van der Waals surface area contributed by atoms with E-state index in [2.05, 4.69) is 11.9 Å². The van der Waals surface area contributed by atoms with Crippen LogP contribution in [-0.2, 0) is 9.59 Å². The molecular formula is C14H20N4O2. The summed E-state index contributed by atoms with van der Waals surface area (Å²) in [5.74, 6) is -0.881. The van der Waals surface area contributed by atoms with E-state index in [1.807, 2.05) is 18.2 Å². The first-order chi connectivity index (χ1) is 9.58. The quantitative estimate of drug-likeness (QED) is 0.569. The molecule has 3 heterocycles. The van der Waals surface area contributed by atoms with Gasteiger partial charge in [-0.3, -0.25) is 9.59 Å². The van der Waals surface area contributed by atoms with Crippen molar-refractivity contribution >= 4 is 11.8 Å². The van der Waals surface area contributed by atoms with Crippen LogP contribution in [0, 0.1) is 0 Å². The standard InChI is InChI=1S/C14H20N4O2/c1-11-3-2-4-12(15)9-16-5-6-17-7-8-18(10-11)14(20)13(17)19/h2-4,16H,1,5-10,15H2/b3-2-,12-4-. The molecule has 3 N–H and O–H groups in total. The molecule has 6 nitrogen and oxygen atoms in total. The number of carbonyl (C=O) groups is 2. The van der Waals surface area contributed by atoms with Gasteiger partial charge in [0.05, 0.1) is 0 Å². The van der Waals surface area contributed by atoms with Gasteiger partial charge in [-0.2, -0.15) is 0 Å². The van der Waals surface area contributed by atoms with Crippen LogP contribution in [0.15, 0.2) is 36.1 Å². The van der Waals surface area contributed by atoms with Gasteiger partial charge in [0.1, 0.15) is 0 Å². The highest BCUT2D eigenvalue weighted by Gasteiger charge is 2.31. The number of carbonyl (C=O) groups excluding carboxylic acids is 2. The summed E-state index contributed by atoms with van der Waals surface area (Å²) in [4.78, 5) is 27.1. The Balaban J connectivity index is 2.15. The fourth-order valence-corrected chi connectivity index (χ4v) is 2.19. The zero-order valence-electron chi connectivity index (χ0n) is 11.5. The third-order valence-corrected chi connectivity index (χ3v) is 3.32. The van der Waals surface area contributed by atoms with Crippen LogP contribution in [0.1, 0.15) is 0 Å². The number of nitrogens with one attached hydrogen (secondary N) is 1. The first-order valence-electron chi connectivity index (χ1n) is 6.67. The Kier molecular flexibility index (Phi) is 4.57. The lowest BCUT2D eigenvalue weighted by atomic mass is 10.2. The molecule has 1 fully saturated rings. The van der Waals surface area contributed by atoms with Gasteiger partial charge < -0.3 is 20.9 Å². The number of allylic oxidation sites excluding steroid dienone is 2. The number of hydrogen-bond acceptors (Lipinski definition) is 4. The zero-order valence-corrected chi connectivity index (χ0v) is 11.5. The van der Waals surface area contributed by atoms with Crippen LogP contribution in [0.3, 0.4) is 0 Å². The summed E-state index contributed by atoms with van der Waals surface area (Å²) in [7, 11) is 0. The summed E-state index contributed by atoms with van der Waals surface area (Å²) in [6.45, 7) is 7.07. The second-order valence-corrected chi connectivity index (χ2v) is 4.95. The molecule has 0 saturated carbocycles. The molecule has 2 bridgehead atoms. The van der Waals surface area contributed by atoms with Crippen molar-refractivity contribution in [2.75, 3.05) is 39.3 Å².